The van der Waals surface area contributed by atoms with E-state index in [4.69, 9.17) is 0 Å². The van der Waals surface area contributed by atoms with Crippen LogP contribution in [0.2, 0.25) is 0 Å². The number of carbonyl (C=O) groups is 1. The normalized spacial score (nSPS) is 19.3. The fourth-order valence-corrected chi connectivity index (χ4v) is 5.92. The Bertz CT molecular complexity index is 1230. The zero-order chi connectivity index (χ0) is 26.3. The number of piperidine rings is 1. The lowest BCUT2D eigenvalue weighted by Crippen LogP contribution is -2.34. The van der Waals surface area contributed by atoms with Gasteiger partial charge in [0, 0.05) is 25.3 Å². The Morgan fingerprint density at radius 3 is 2.34 bits per heavy atom. The van der Waals surface area contributed by atoms with Crippen LogP contribution in [0.3, 0.4) is 0 Å². The van der Waals surface area contributed by atoms with E-state index >= 15 is 0 Å². The summed E-state index contributed by atoms with van der Waals surface area (Å²) in [6, 6.07) is 20.7. The number of benzene rings is 2. The molecule has 198 valence electrons. The molecular weight excluding hydrogens is 468 g/mol. The molecule has 0 spiro atoms. The van der Waals surface area contributed by atoms with Crippen molar-refractivity contribution in [2.75, 3.05) is 19.7 Å². The summed E-state index contributed by atoms with van der Waals surface area (Å²) in [6.07, 6.45) is 15.8. The second-order valence-electron chi connectivity index (χ2n) is 10.8. The number of hydrogen-bond donors (Lipinski definition) is 2. The minimum atomic E-state index is -0.0695. The number of allylic oxidation sites excluding steroid dienone is 7. The van der Waals surface area contributed by atoms with Gasteiger partial charge < -0.3 is 15.3 Å². The zero-order valence-corrected chi connectivity index (χ0v) is 22.5. The van der Waals surface area contributed by atoms with Gasteiger partial charge in [-0.2, -0.15) is 0 Å². The summed E-state index contributed by atoms with van der Waals surface area (Å²) in [4.78, 5) is 14.3. The largest absolute Gasteiger partial charge is 0.396 e. The van der Waals surface area contributed by atoms with Crippen molar-refractivity contribution in [2.45, 2.75) is 63.8 Å². The average Bonchev–Trinajstić information content (AvgIpc) is 3.81. The molecule has 1 amide bonds. The second-order valence-corrected chi connectivity index (χ2v) is 10.8. The number of rotatable bonds is 9. The van der Waals surface area contributed by atoms with Gasteiger partial charge in [0.25, 0.3) is 0 Å². The smallest absolute Gasteiger partial charge is 0.221 e. The van der Waals surface area contributed by atoms with Crippen molar-refractivity contribution < 1.29 is 9.90 Å². The molecule has 0 atom stereocenters. The number of aliphatic hydroxyl groups excluding tert-OH is 1. The fraction of sp³-hybridized carbons (Fsp3) is 0.382. The Kier molecular flexibility index (Phi) is 8.72. The Balaban J connectivity index is 1.51. The highest BCUT2D eigenvalue weighted by Crippen LogP contribution is 2.39. The molecule has 1 heterocycles. The van der Waals surface area contributed by atoms with Crippen LogP contribution in [-0.4, -0.2) is 41.7 Å². The summed E-state index contributed by atoms with van der Waals surface area (Å²) in [5, 5.41) is 12.6. The van der Waals surface area contributed by atoms with Crippen LogP contribution < -0.4 is 5.32 Å². The summed E-state index contributed by atoms with van der Waals surface area (Å²) < 4.78 is 0. The molecule has 3 aliphatic rings. The van der Waals surface area contributed by atoms with Gasteiger partial charge in [0.05, 0.1) is 0 Å². The molecule has 1 saturated heterocycles. The predicted molar refractivity (Wildman–Crippen MR) is 156 cm³/mol. The van der Waals surface area contributed by atoms with E-state index in [-0.39, 0.29) is 12.5 Å². The Morgan fingerprint density at radius 2 is 1.68 bits per heavy atom. The van der Waals surface area contributed by atoms with Gasteiger partial charge in [-0.15, -0.1) is 0 Å². The standard InChI is InChI=1S/C34H40N2O2/c1-25(38)35-31-10-5-9-29(16-17-31)34(33(11-6-24-37)28-7-3-2-4-8-28)30-14-12-26(13-15-30)27-20-22-36(23-21-27)32-18-19-32/h2-5,7-8,10,12-17,27,32,37H,6,9,11,18-24H2,1H3,(H,35,38)/b34-33-. The lowest BCUT2D eigenvalue weighted by molar-refractivity contribution is -0.118. The van der Waals surface area contributed by atoms with Gasteiger partial charge in [-0.25, -0.2) is 0 Å². The van der Waals surface area contributed by atoms with Crippen LogP contribution in [0.25, 0.3) is 11.1 Å². The van der Waals surface area contributed by atoms with Crippen molar-refractivity contribution in [1.29, 1.82) is 0 Å². The first kappa shape index (κ1) is 26.4. The monoisotopic (exact) mass is 508 g/mol. The van der Waals surface area contributed by atoms with Gasteiger partial charge >= 0.3 is 0 Å². The number of carbonyl (C=O) groups excluding carboxylic acids is 1. The number of aliphatic hydroxyl groups is 1. The lowest BCUT2D eigenvalue weighted by atomic mass is 9.84. The molecule has 0 bridgehead atoms. The van der Waals surface area contributed by atoms with E-state index in [1.54, 1.807) is 0 Å². The van der Waals surface area contributed by atoms with Crippen LogP contribution in [0.15, 0.2) is 90.2 Å². The molecule has 2 fully saturated rings. The molecule has 1 saturated carbocycles. The molecule has 2 aliphatic carbocycles. The zero-order valence-electron chi connectivity index (χ0n) is 22.5. The van der Waals surface area contributed by atoms with E-state index < -0.39 is 0 Å². The number of amides is 1. The van der Waals surface area contributed by atoms with Crippen LogP contribution in [0.5, 0.6) is 0 Å². The van der Waals surface area contributed by atoms with E-state index in [0.717, 1.165) is 24.6 Å². The van der Waals surface area contributed by atoms with E-state index in [1.807, 2.05) is 18.2 Å². The minimum absolute atomic E-state index is 0.0695. The van der Waals surface area contributed by atoms with Gasteiger partial charge in [0.2, 0.25) is 5.91 Å². The van der Waals surface area contributed by atoms with Crippen molar-refractivity contribution in [1.82, 2.24) is 10.2 Å². The molecule has 2 N–H and O–H groups in total. The first-order chi connectivity index (χ1) is 18.6. The van der Waals surface area contributed by atoms with Gasteiger partial charge in [-0.3, -0.25) is 4.79 Å². The third kappa shape index (κ3) is 6.61. The third-order valence-corrected chi connectivity index (χ3v) is 8.01. The van der Waals surface area contributed by atoms with Crippen LogP contribution in [0, 0.1) is 0 Å². The Morgan fingerprint density at radius 1 is 0.947 bits per heavy atom. The van der Waals surface area contributed by atoms with Crippen molar-refractivity contribution in [3.8, 4) is 0 Å². The summed E-state index contributed by atoms with van der Waals surface area (Å²) in [5.41, 5.74) is 8.33. The first-order valence-corrected chi connectivity index (χ1v) is 14.2. The summed E-state index contributed by atoms with van der Waals surface area (Å²) in [5.74, 6) is 0.567. The average molecular weight is 509 g/mol. The first-order valence-electron chi connectivity index (χ1n) is 14.2. The maximum Gasteiger partial charge on any atom is 0.221 e. The predicted octanol–water partition coefficient (Wildman–Crippen LogP) is 6.62. The van der Waals surface area contributed by atoms with E-state index in [9.17, 15) is 9.90 Å². The Hall–Kier alpha value is -3.21. The van der Waals surface area contributed by atoms with Gasteiger partial charge in [0.1, 0.15) is 0 Å². The van der Waals surface area contributed by atoms with E-state index in [0.29, 0.717) is 12.3 Å². The van der Waals surface area contributed by atoms with Crippen LogP contribution in [0.1, 0.15) is 74.5 Å². The molecule has 5 rings (SSSR count). The molecule has 0 radical (unpaired) electrons. The van der Waals surface area contributed by atoms with Gasteiger partial charge in [-0.05, 0) is 110 Å². The molecule has 2 aromatic rings. The highest BCUT2D eigenvalue weighted by molar-refractivity contribution is 5.98. The van der Waals surface area contributed by atoms with Crippen LogP contribution >= 0.6 is 0 Å². The maximum absolute atomic E-state index is 11.6. The van der Waals surface area contributed by atoms with E-state index in [1.165, 1.54) is 79.1 Å². The quantitative estimate of drug-likeness (QED) is 0.374. The number of likely N-dealkylation sites (tertiary alicyclic amines) is 1. The minimum Gasteiger partial charge on any atom is -0.396 e. The van der Waals surface area contributed by atoms with Gasteiger partial charge in [0.15, 0.2) is 0 Å². The molecule has 4 heteroatoms. The summed E-state index contributed by atoms with van der Waals surface area (Å²) >= 11 is 0. The molecular formula is C34H40N2O2. The second kappa shape index (κ2) is 12.6. The van der Waals surface area contributed by atoms with Crippen molar-refractivity contribution in [3.63, 3.8) is 0 Å². The highest BCUT2D eigenvalue weighted by Gasteiger charge is 2.32. The van der Waals surface area contributed by atoms with Crippen molar-refractivity contribution in [2.24, 2.45) is 0 Å². The molecule has 2 aromatic carbocycles. The van der Waals surface area contributed by atoms with Crippen LogP contribution in [-0.2, 0) is 4.79 Å². The Labute approximate surface area is 227 Å². The third-order valence-electron chi connectivity index (χ3n) is 8.01. The fourth-order valence-electron chi connectivity index (χ4n) is 5.92. The van der Waals surface area contributed by atoms with Gasteiger partial charge in [-0.1, -0.05) is 66.7 Å². The number of hydrogen-bond acceptors (Lipinski definition) is 3. The SMILES string of the molecule is CC(=O)NC1=CC=C(/C(=C(\CCCO)c2ccccc2)c2ccc(C3CCN(C4CC4)CC3)cc2)CC=C1. The number of nitrogens with zero attached hydrogens (tertiary/aromatic N) is 1. The summed E-state index contributed by atoms with van der Waals surface area (Å²) in [7, 11) is 0. The molecule has 4 nitrogen and oxygen atoms in total. The van der Waals surface area contributed by atoms with Crippen LogP contribution in [0.4, 0.5) is 0 Å². The molecule has 1 aliphatic heterocycles. The lowest BCUT2D eigenvalue weighted by Gasteiger charge is -2.32. The summed E-state index contributed by atoms with van der Waals surface area (Å²) in [6.45, 7) is 4.15. The molecule has 38 heavy (non-hydrogen) atoms. The molecule has 0 aromatic heterocycles. The maximum atomic E-state index is 11.6. The van der Waals surface area contributed by atoms with E-state index in [2.05, 4.69) is 70.9 Å². The van der Waals surface area contributed by atoms with Crippen molar-refractivity contribution in [3.05, 3.63) is 107 Å². The topological polar surface area (TPSA) is 52.6 Å². The number of nitrogens with one attached hydrogen (secondary N) is 1. The van der Waals surface area contributed by atoms with Crippen molar-refractivity contribution >= 4 is 17.1 Å². The highest BCUT2D eigenvalue weighted by atomic mass is 16.2. The molecule has 0 unspecified atom stereocenters.